The summed E-state index contributed by atoms with van der Waals surface area (Å²) >= 11 is 0. The Morgan fingerprint density at radius 3 is 2.71 bits per heavy atom. The van der Waals surface area contributed by atoms with Crippen molar-refractivity contribution in [3.8, 4) is 5.88 Å². The van der Waals surface area contributed by atoms with Crippen molar-refractivity contribution < 1.29 is 9.47 Å². The van der Waals surface area contributed by atoms with Crippen LogP contribution in [0.25, 0.3) is 5.76 Å². The van der Waals surface area contributed by atoms with Crippen LogP contribution in [0.15, 0.2) is 42.2 Å². The molecule has 1 aromatic rings. The van der Waals surface area contributed by atoms with Crippen molar-refractivity contribution >= 4 is 11.7 Å². The minimum absolute atomic E-state index is 0.241. The van der Waals surface area contributed by atoms with Gasteiger partial charge in [-0.3, -0.25) is 0 Å². The quantitative estimate of drug-likeness (QED) is 0.283. The van der Waals surface area contributed by atoms with Gasteiger partial charge in [-0.15, -0.1) is 5.10 Å². The van der Waals surface area contributed by atoms with E-state index in [0.29, 0.717) is 17.2 Å². The first-order valence-corrected chi connectivity index (χ1v) is 4.89. The Balaban J connectivity index is 2.86. The van der Waals surface area contributed by atoms with Crippen molar-refractivity contribution in [3.05, 3.63) is 42.6 Å². The molecule has 0 amide bonds. The Morgan fingerprint density at radius 1 is 1.47 bits per heavy atom. The van der Waals surface area contributed by atoms with E-state index in [9.17, 15) is 0 Å². The van der Waals surface area contributed by atoms with Crippen LogP contribution in [-0.2, 0) is 4.74 Å². The molecular weight excluding hydrogens is 218 g/mol. The smallest absolute Gasteiger partial charge is 0.238 e. The molecule has 0 spiro atoms. The van der Waals surface area contributed by atoms with Crippen LogP contribution in [-0.4, -0.2) is 18.0 Å². The number of ether oxygens (including phenoxy) is 2. The average Bonchev–Trinajstić information content (AvgIpc) is 2.35. The number of pyridine rings is 1. The number of methoxy groups -OCH3 is 1. The first-order chi connectivity index (χ1) is 8.08. The molecular formula is C12H15N3O2. The summed E-state index contributed by atoms with van der Waals surface area (Å²) in [6.07, 6.45) is 1.60. The first-order valence-electron chi connectivity index (χ1n) is 4.89. The van der Waals surface area contributed by atoms with Gasteiger partial charge in [0.2, 0.25) is 11.8 Å². The van der Waals surface area contributed by atoms with Crippen LogP contribution in [0, 0.1) is 0 Å². The molecule has 0 saturated carbocycles. The predicted molar refractivity (Wildman–Crippen MR) is 67.3 cm³/mol. The van der Waals surface area contributed by atoms with E-state index in [4.69, 9.17) is 15.3 Å². The summed E-state index contributed by atoms with van der Waals surface area (Å²) in [5.41, 5.74) is 1.36. The second kappa shape index (κ2) is 5.69. The summed E-state index contributed by atoms with van der Waals surface area (Å²) in [6.45, 7) is 9.22. The minimum atomic E-state index is 0.241. The van der Waals surface area contributed by atoms with Crippen molar-refractivity contribution in [2.75, 3.05) is 7.11 Å². The monoisotopic (exact) mass is 233 g/mol. The van der Waals surface area contributed by atoms with Gasteiger partial charge in [-0.25, -0.2) is 4.98 Å². The lowest BCUT2D eigenvalue weighted by Crippen LogP contribution is -2.07. The van der Waals surface area contributed by atoms with Crippen LogP contribution in [0.1, 0.15) is 12.5 Å². The molecule has 90 valence electrons. The minimum Gasteiger partial charge on any atom is -0.481 e. The molecule has 1 heterocycles. The molecule has 0 fully saturated rings. The molecule has 5 heteroatoms. The number of nitrogens with two attached hydrogens (primary N) is 1. The first kappa shape index (κ1) is 12.8. The van der Waals surface area contributed by atoms with Crippen LogP contribution < -0.4 is 10.6 Å². The zero-order chi connectivity index (χ0) is 12.8. The second-order valence-corrected chi connectivity index (χ2v) is 3.33. The maximum atomic E-state index is 5.39. The second-order valence-electron chi connectivity index (χ2n) is 3.33. The fourth-order valence-electron chi connectivity index (χ4n) is 1.09. The Kier molecular flexibility index (Phi) is 4.28. The van der Waals surface area contributed by atoms with Gasteiger partial charge in [-0.1, -0.05) is 13.2 Å². The predicted octanol–water partition coefficient (Wildman–Crippen LogP) is 1.93. The SMILES string of the molecule is C=C(C)/C(=N/N)OC(=C)c1ccnc(OC)c1. The molecule has 1 rings (SSSR count). The van der Waals surface area contributed by atoms with Crippen LogP contribution in [0.3, 0.4) is 0 Å². The number of hydrazone groups is 1. The zero-order valence-corrected chi connectivity index (χ0v) is 9.93. The normalized spacial score (nSPS) is 10.8. The molecule has 17 heavy (non-hydrogen) atoms. The maximum absolute atomic E-state index is 5.39. The molecule has 0 radical (unpaired) electrons. The highest BCUT2D eigenvalue weighted by Gasteiger charge is 2.07. The molecule has 0 atom stereocenters. The average molecular weight is 233 g/mol. The van der Waals surface area contributed by atoms with E-state index in [1.807, 2.05) is 0 Å². The lowest BCUT2D eigenvalue weighted by Gasteiger charge is -2.10. The topological polar surface area (TPSA) is 69.7 Å². The third kappa shape index (κ3) is 3.34. The number of aromatic nitrogens is 1. The third-order valence-electron chi connectivity index (χ3n) is 1.97. The summed E-state index contributed by atoms with van der Waals surface area (Å²) in [5, 5.41) is 3.48. The van der Waals surface area contributed by atoms with E-state index in [2.05, 4.69) is 23.2 Å². The Hall–Kier alpha value is -2.30. The summed E-state index contributed by atoms with van der Waals surface area (Å²) < 4.78 is 10.4. The van der Waals surface area contributed by atoms with E-state index in [-0.39, 0.29) is 5.90 Å². The summed E-state index contributed by atoms with van der Waals surface area (Å²) in [6, 6.07) is 3.45. The standard InChI is InChI=1S/C12H15N3O2/c1-8(2)12(15-13)17-9(3)10-5-6-14-11(7-10)16-4/h5-7H,1,3,13H2,2,4H3/b15-12-. The molecule has 0 aliphatic carbocycles. The van der Waals surface area contributed by atoms with Gasteiger partial charge in [0.05, 0.1) is 7.11 Å². The number of rotatable bonds is 4. The summed E-state index contributed by atoms with van der Waals surface area (Å²) in [5.74, 6) is 6.30. The highest BCUT2D eigenvalue weighted by molar-refractivity contribution is 5.95. The number of hydrogen-bond donors (Lipinski definition) is 1. The summed E-state index contributed by atoms with van der Waals surface area (Å²) in [7, 11) is 1.54. The summed E-state index contributed by atoms with van der Waals surface area (Å²) in [4.78, 5) is 3.98. The van der Waals surface area contributed by atoms with E-state index < -0.39 is 0 Å². The van der Waals surface area contributed by atoms with Gasteiger partial charge in [0.15, 0.2) is 0 Å². The van der Waals surface area contributed by atoms with E-state index in [1.54, 1.807) is 25.3 Å². The van der Waals surface area contributed by atoms with Crippen molar-refractivity contribution in [2.24, 2.45) is 10.9 Å². The van der Waals surface area contributed by atoms with Gasteiger partial charge in [0, 0.05) is 23.4 Å². The fourth-order valence-corrected chi connectivity index (χ4v) is 1.09. The fraction of sp³-hybridized carbons (Fsp3) is 0.167. The molecule has 0 saturated heterocycles. The van der Waals surface area contributed by atoms with Gasteiger partial charge in [-0.05, 0) is 13.0 Å². The van der Waals surface area contributed by atoms with Gasteiger partial charge < -0.3 is 15.3 Å². The van der Waals surface area contributed by atoms with Crippen LogP contribution >= 0.6 is 0 Å². The van der Waals surface area contributed by atoms with E-state index in [0.717, 1.165) is 5.56 Å². The lowest BCUT2D eigenvalue weighted by atomic mass is 10.2. The van der Waals surface area contributed by atoms with Crippen molar-refractivity contribution in [1.82, 2.24) is 4.98 Å². The third-order valence-corrected chi connectivity index (χ3v) is 1.97. The van der Waals surface area contributed by atoms with Gasteiger partial charge in [0.25, 0.3) is 0 Å². The molecule has 0 aliphatic rings. The molecule has 5 nitrogen and oxygen atoms in total. The van der Waals surface area contributed by atoms with Gasteiger partial charge in [0.1, 0.15) is 5.76 Å². The highest BCUT2D eigenvalue weighted by Crippen LogP contribution is 2.18. The van der Waals surface area contributed by atoms with Crippen LogP contribution in [0.5, 0.6) is 5.88 Å². The molecule has 0 unspecified atom stereocenters. The lowest BCUT2D eigenvalue weighted by molar-refractivity contribution is 0.397. The molecule has 0 aromatic carbocycles. The Bertz CT molecular complexity index is 467. The van der Waals surface area contributed by atoms with Gasteiger partial charge in [-0.2, -0.15) is 0 Å². The van der Waals surface area contributed by atoms with E-state index >= 15 is 0 Å². The molecule has 0 aliphatic heterocycles. The van der Waals surface area contributed by atoms with Crippen molar-refractivity contribution in [2.45, 2.75) is 6.92 Å². The van der Waals surface area contributed by atoms with Gasteiger partial charge >= 0.3 is 0 Å². The van der Waals surface area contributed by atoms with Crippen molar-refractivity contribution in [1.29, 1.82) is 0 Å². The van der Waals surface area contributed by atoms with Crippen molar-refractivity contribution in [3.63, 3.8) is 0 Å². The molecule has 2 N–H and O–H groups in total. The molecule has 1 aromatic heterocycles. The van der Waals surface area contributed by atoms with Crippen LogP contribution in [0.2, 0.25) is 0 Å². The Labute approximate surface area is 100 Å². The maximum Gasteiger partial charge on any atom is 0.238 e. The largest absolute Gasteiger partial charge is 0.481 e. The van der Waals surface area contributed by atoms with Crippen LogP contribution in [0.4, 0.5) is 0 Å². The Morgan fingerprint density at radius 2 is 2.18 bits per heavy atom. The highest BCUT2D eigenvalue weighted by atomic mass is 16.5. The van der Waals surface area contributed by atoms with E-state index in [1.165, 1.54) is 7.11 Å². The number of hydrogen-bond acceptors (Lipinski definition) is 5. The zero-order valence-electron chi connectivity index (χ0n) is 9.93. The molecule has 0 bridgehead atoms. The number of nitrogens with zero attached hydrogens (tertiary/aromatic N) is 2.